The van der Waals surface area contributed by atoms with Crippen molar-refractivity contribution in [2.45, 2.75) is 51.9 Å². The lowest BCUT2D eigenvalue weighted by atomic mass is 9.92. The fourth-order valence-corrected chi connectivity index (χ4v) is 3.06. The van der Waals surface area contributed by atoms with E-state index in [0.29, 0.717) is 0 Å². The van der Waals surface area contributed by atoms with Crippen LogP contribution in [0.5, 0.6) is 0 Å². The van der Waals surface area contributed by atoms with Gasteiger partial charge in [-0.25, -0.2) is 0 Å². The Kier molecular flexibility index (Phi) is 4.96. The third kappa shape index (κ3) is 3.76. The van der Waals surface area contributed by atoms with E-state index in [1.54, 1.807) is 0 Å². The van der Waals surface area contributed by atoms with Crippen LogP contribution in [0.15, 0.2) is 0 Å². The quantitative estimate of drug-likeness (QED) is 0.795. The Morgan fingerprint density at radius 2 is 1.71 bits per heavy atom. The number of rotatable bonds is 3. The highest BCUT2D eigenvalue weighted by Crippen LogP contribution is 2.36. The summed E-state index contributed by atoms with van der Waals surface area (Å²) in [6.07, 6.45) is 2.39. The van der Waals surface area contributed by atoms with Crippen LogP contribution in [-0.2, 0) is 14.3 Å². The van der Waals surface area contributed by atoms with Crippen molar-refractivity contribution in [3.63, 3.8) is 0 Å². The molecule has 0 aromatic rings. The molecule has 1 spiro atoms. The second-order valence-electron chi connectivity index (χ2n) is 7.37. The van der Waals surface area contributed by atoms with Gasteiger partial charge in [0.15, 0.2) is 5.79 Å². The summed E-state index contributed by atoms with van der Waals surface area (Å²) >= 11 is 0. The van der Waals surface area contributed by atoms with Crippen molar-refractivity contribution >= 4 is 5.91 Å². The number of piperidine rings is 1. The molecule has 2 heterocycles. The molecular weight excluding hydrogens is 268 g/mol. The van der Waals surface area contributed by atoms with Crippen LogP contribution in [0.3, 0.4) is 0 Å². The number of likely N-dealkylation sites (N-methyl/N-ethyl adjacent to an activating group) is 1. The summed E-state index contributed by atoms with van der Waals surface area (Å²) in [5, 5.41) is 0. The number of hydrogen-bond donors (Lipinski definition) is 0. The molecule has 0 N–H and O–H groups in total. The van der Waals surface area contributed by atoms with E-state index in [4.69, 9.17) is 9.47 Å². The lowest BCUT2D eigenvalue weighted by molar-refractivity contribution is -0.312. The Morgan fingerprint density at radius 1 is 1.19 bits per heavy atom. The Labute approximate surface area is 128 Å². The summed E-state index contributed by atoms with van der Waals surface area (Å²) in [5.41, 5.74) is 0.0937. The summed E-state index contributed by atoms with van der Waals surface area (Å²) in [6, 6.07) is -0.0221. The number of amides is 1. The molecule has 1 amide bonds. The summed E-state index contributed by atoms with van der Waals surface area (Å²) in [7, 11) is 3.93. The Balaban J connectivity index is 1.90. The molecule has 0 aromatic carbocycles. The monoisotopic (exact) mass is 298 g/mol. The van der Waals surface area contributed by atoms with Crippen LogP contribution in [0.1, 0.15) is 40.0 Å². The van der Waals surface area contributed by atoms with Crippen molar-refractivity contribution in [2.24, 2.45) is 5.41 Å². The third-order valence-electron chi connectivity index (χ3n) is 4.58. The normalized spacial score (nSPS) is 26.1. The molecule has 2 rings (SSSR count). The van der Waals surface area contributed by atoms with Crippen LogP contribution in [-0.4, -0.2) is 67.9 Å². The molecule has 0 radical (unpaired) electrons. The van der Waals surface area contributed by atoms with Crippen molar-refractivity contribution in [3.05, 3.63) is 0 Å². The van der Waals surface area contributed by atoms with Crippen LogP contribution >= 0.6 is 0 Å². The van der Waals surface area contributed by atoms with E-state index in [-0.39, 0.29) is 17.4 Å². The molecule has 2 saturated heterocycles. The van der Waals surface area contributed by atoms with Crippen molar-refractivity contribution < 1.29 is 14.3 Å². The van der Waals surface area contributed by atoms with E-state index in [9.17, 15) is 4.79 Å². The van der Waals surface area contributed by atoms with Gasteiger partial charge in [-0.05, 0) is 20.5 Å². The molecule has 0 bridgehead atoms. The molecular formula is C16H30N2O3. The lowest BCUT2D eigenvalue weighted by Gasteiger charge is -2.47. The fraction of sp³-hybridized carbons (Fsp3) is 0.938. The van der Waals surface area contributed by atoms with Crippen LogP contribution < -0.4 is 0 Å². The Morgan fingerprint density at radius 3 is 2.14 bits per heavy atom. The average Bonchev–Trinajstić information content (AvgIpc) is 2.44. The van der Waals surface area contributed by atoms with Gasteiger partial charge < -0.3 is 14.4 Å². The highest BCUT2D eigenvalue weighted by molar-refractivity contribution is 5.81. The maximum absolute atomic E-state index is 12.5. The lowest BCUT2D eigenvalue weighted by Crippen LogP contribution is -2.56. The minimum atomic E-state index is -0.452. The largest absolute Gasteiger partial charge is 0.349 e. The van der Waals surface area contributed by atoms with Gasteiger partial charge in [0, 0.05) is 31.3 Å². The molecule has 0 saturated carbocycles. The Hall–Kier alpha value is -0.650. The highest BCUT2D eigenvalue weighted by atomic mass is 16.7. The van der Waals surface area contributed by atoms with E-state index in [1.165, 1.54) is 0 Å². The van der Waals surface area contributed by atoms with E-state index in [0.717, 1.165) is 45.6 Å². The third-order valence-corrected chi connectivity index (χ3v) is 4.58. The number of likely N-dealkylation sites (tertiary alicyclic amines) is 1. The first-order valence-electron chi connectivity index (χ1n) is 8.02. The van der Waals surface area contributed by atoms with Crippen molar-refractivity contribution in [2.75, 3.05) is 40.4 Å². The predicted molar refractivity (Wildman–Crippen MR) is 82.0 cm³/mol. The molecule has 1 unspecified atom stereocenters. The number of carbonyl (C=O) groups is 1. The first-order chi connectivity index (χ1) is 9.79. The summed E-state index contributed by atoms with van der Waals surface area (Å²) in [5.74, 6) is -0.222. The summed E-state index contributed by atoms with van der Waals surface area (Å²) in [6.45, 7) is 9.28. The SMILES string of the molecule is CCC(C(=O)N1CCC2(CC1)OCC(C)(C)CO2)N(C)C. The van der Waals surface area contributed by atoms with Crippen molar-refractivity contribution in [3.8, 4) is 0 Å². The molecule has 5 nitrogen and oxygen atoms in total. The standard InChI is InChI=1S/C16H30N2O3/c1-6-13(17(4)5)14(19)18-9-7-16(8-10-18)20-11-15(2,3)12-21-16/h13H,6-12H2,1-5H3. The van der Waals surface area contributed by atoms with Gasteiger partial charge in [0.25, 0.3) is 0 Å². The van der Waals surface area contributed by atoms with Gasteiger partial charge in [0.1, 0.15) is 0 Å². The molecule has 5 heteroatoms. The van der Waals surface area contributed by atoms with Gasteiger partial charge in [-0.15, -0.1) is 0 Å². The first-order valence-corrected chi connectivity index (χ1v) is 8.02. The molecule has 1 atom stereocenters. The molecule has 2 aliphatic heterocycles. The second-order valence-corrected chi connectivity index (χ2v) is 7.37. The van der Waals surface area contributed by atoms with E-state index in [2.05, 4.69) is 20.8 Å². The number of hydrogen-bond acceptors (Lipinski definition) is 4. The van der Waals surface area contributed by atoms with Gasteiger partial charge >= 0.3 is 0 Å². The van der Waals surface area contributed by atoms with Gasteiger partial charge in [-0.1, -0.05) is 20.8 Å². The molecule has 2 aliphatic rings. The van der Waals surface area contributed by atoms with E-state index >= 15 is 0 Å². The highest BCUT2D eigenvalue weighted by Gasteiger charge is 2.44. The van der Waals surface area contributed by atoms with Crippen molar-refractivity contribution in [1.29, 1.82) is 0 Å². The number of nitrogens with zero attached hydrogens (tertiary/aromatic N) is 2. The van der Waals surface area contributed by atoms with Crippen molar-refractivity contribution in [1.82, 2.24) is 9.80 Å². The van der Waals surface area contributed by atoms with E-state index in [1.807, 2.05) is 23.9 Å². The summed E-state index contributed by atoms with van der Waals surface area (Å²) < 4.78 is 12.0. The van der Waals surface area contributed by atoms with Gasteiger partial charge in [0.2, 0.25) is 5.91 Å². The minimum absolute atomic E-state index is 0.0221. The molecule has 2 fully saturated rings. The van der Waals surface area contributed by atoms with Gasteiger partial charge in [-0.2, -0.15) is 0 Å². The average molecular weight is 298 g/mol. The maximum atomic E-state index is 12.5. The topological polar surface area (TPSA) is 42.0 Å². The molecule has 0 aromatic heterocycles. The number of carbonyl (C=O) groups excluding carboxylic acids is 1. The molecule has 122 valence electrons. The molecule has 21 heavy (non-hydrogen) atoms. The number of ether oxygens (including phenoxy) is 2. The van der Waals surface area contributed by atoms with E-state index < -0.39 is 5.79 Å². The molecule has 0 aliphatic carbocycles. The van der Waals surface area contributed by atoms with Crippen LogP contribution in [0.25, 0.3) is 0 Å². The zero-order valence-corrected chi connectivity index (χ0v) is 14.1. The van der Waals surface area contributed by atoms with Gasteiger partial charge in [-0.3, -0.25) is 9.69 Å². The van der Waals surface area contributed by atoms with Crippen LogP contribution in [0, 0.1) is 5.41 Å². The first kappa shape index (κ1) is 16.7. The minimum Gasteiger partial charge on any atom is -0.349 e. The van der Waals surface area contributed by atoms with Crippen LogP contribution in [0.2, 0.25) is 0 Å². The van der Waals surface area contributed by atoms with Crippen LogP contribution in [0.4, 0.5) is 0 Å². The zero-order valence-electron chi connectivity index (χ0n) is 14.1. The smallest absolute Gasteiger partial charge is 0.239 e. The summed E-state index contributed by atoms with van der Waals surface area (Å²) in [4.78, 5) is 16.5. The predicted octanol–water partition coefficient (Wildman–Crippen LogP) is 1.72. The van der Waals surface area contributed by atoms with Gasteiger partial charge in [0.05, 0.1) is 19.3 Å². The zero-order chi connectivity index (χ0) is 15.7. The fourth-order valence-electron chi connectivity index (χ4n) is 3.06. The maximum Gasteiger partial charge on any atom is 0.239 e. The second kappa shape index (κ2) is 6.23. The Bertz CT molecular complexity index is 362.